The fourth-order valence-electron chi connectivity index (χ4n) is 0.617. The van der Waals surface area contributed by atoms with Crippen LogP contribution in [-0.4, -0.2) is 4.98 Å². The molecule has 0 saturated heterocycles. The largest absolute Gasteiger partial charge is 0.445 e. The summed E-state index contributed by atoms with van der Waals surface area (Å²) >= 11 is 0. The molecular weight excluding hydrogens is 104 g/mol. The number of hydrogen-bond acceptors (Lipinski definition) is 3. The third kappa shape index (κ3) is 0.307. The quantitative estimate of drug-likeness (QED) is 0.507. The molecule has 0 bridgehead atoms. The van der Waals surface area contributed by atoms with Gasteiger partial charge >= 0.3 is 0 Å². The summed E-state index contributed by atoms with van der Waals surface area (Å²) < 4.78 is 4.88. The van der Waals surface area contributed by atoms with Crippen molar-refractivity contribution in [2.45, 2.75) is 0 Å². The molecule has 2 N–H and O–H groups in total. The van der Waals surface area contributed by atoms with Crippen molar-refractivity contribution in [2.24, 2.45) is 0 Å². The SMILES string of the molecule is Nc1nccc2c1O2. The van der Waals surface area contributed by atoms with Crippen LogP contribution in [0.3, 0.4) is 0 Å². The zero-order chi connectivity index (χ0) is 5.56. The first-order chi connectivity index (χ1) is 3.88. The second-order valence-corrected chi connectivity index (χ2v) is 1.63. The van der Waals surface area contributed by atoms with Crippen LogP contribution in [0.1, 0.15) is 0 Å². The Kier molecular flexibility index (Phi) is 0.436. The Labute approximate surface area is 46.1 Å². The first-order valence-electron chi connectivity index (χ1n) is 2.30. The van der Waals surface area contributed by atoms with Crippen LogP contribution in [0.5, 0.6) is 11.5 Å². The van der Waals surface area contributed by atoms with E-state index in [1.807, 2.05) is 0 Å². The van der Waals surface area contributed by atoms with Crippen molar-refractivity contribution in [3.05, 3.63) is 12.3 Å². The maximum atomic E-state index is 5.34. The molecule has 0 atom stereocenters. The van der Waals surface area contributed by atoms with Gasteiger partial charge in [0.1, 0.15) is 0 Å². The summed E-state index contributed by atoms with van der Waals surface area (Å²) in [5.74, 6) is 2.09. The van der Waals surface area contributed by atoms with Gasteiger partial charge < -0.3 is 10.5 Å². The molecule has 1 aromatic rings. The van der Waals surface area contributed by atoms with Crippen molar-refractivity contribution < 1.29 is 4.74 Å². The highest BCUT2D eigenvalue weighted by Gasteiger charge is 2.22. The fourth-order valence-corrected chi connectivity index (χ4v) is 0.617. The van der Waals surface area contributed by atoms with E-state index in [0.29, 0.717) is 5.82 Å². The van der Waals surface area contributed by atoms with Gasteiger partial charge in [0, 0.05) is 12.3 Å². The molecule has 0 unspecified atom stereocenters. The first kappa shape index (κ1) is 3.72. The van der Waals surface area contributed by atoms with Crippen LogP contribution in [-0.2, 0) is 0 Å². The highest BCUT2D eigenvalue weighted by molar-refractivity contribution is 5.65. The topological polar surface area (TPSA) is 51.4 Å². The molecule has 0 fully saturated rings. The fraction of sp³-hybridized carbons (Fsp3) is 0. The number of rotatable bonds is 0. The molecule has 0 aromatic carbocycles. The normalized spacial score (nSPS) is 12.0. The standard InChI is InChI=1S/C5H4N2O/c6-5-4-3(8-4)1-2-7-5/h1-2H,(H2,6,7). The van der Waals surface area contributed by atoms with Crippen molar-refractivity contribution in [1.29, 1.82) is 0 Å². The van der Waals surface area contributed by atoms with Gasteiger partial charge in [0.2, 0.25) is 5.75 Å². The number of hydrogen-bond donors (Lipinski definition) is 1. The number of nitrogens with two attached hydrogens (primary N) is 1. The monoisotopic (exact) mass is 108 g/mol. The van der Waals surface area contributed by atoms with E-state index in [-0.39, 0.29) is 0 Å². The van der Waals surface area contributed by atoms with E-state index in [9.17, 15) is 0 Å². The average molecular weight is 108 g/mol. The second-order valence-electron chi connectivity index (χ2n) is 1.63. The van der Waals surface area contributed by atoms with Gasteiger partial charge in [0.05, 0.1) is 0 Å². The van der Waals surface area contributed by atoms with Crippen LogP contribution in [0.25, 0.3) is 0 Å². The summed E-state index contributed by atoms with van der Waals surface area (Å²) in [4.78, 5) is 3.78. The molecule has 1 aliphatic rings. The summed E-state index contributed by atoms with van der Waals surface area (Å²) in [5, 5.41) is 0. The molecule has 0 spiro atoms. The van der Waals surface area contributed by atoms with Crippen molar-refractivity contribution in [2.75, 3.05) is 5.73 Å². The minimum Gasteiger partial charge on any atom is -0.445 e. The van der Waals surface area contributed by atoms with Gasteiger partial charge in [0.15, 0.2) is 11.6 Å². The number of pyridine rings is 1. The predicted molar refractivity (Wildman–Crippen MR) is 28.7 cm³/mol. The summed E-state index contributed by atoms with van der Waals surface area (Å²) in [6.45, 7) is 0. The Morgan fingerprint density at radius 1 is 1.62 bits per heavy atom. The van der Waals surface area contributed by atoms with Crippen LogP contribution in [0.15, 0.2) is 12.3 Å². The van der Waals surface area contributed by atoms with E-state index >= 15 is 0 Å². The van der Waals surface area contributed by atoms with E-state index in [0.717, 1.165) is 11.5 Å². The lowest BCUT2D eigenvalue weighted by molar-refractivity contribution is 0.650. The van der Waals surface area contributed by atoms with Gasteiger partial charge in [-0.3, -0.25) is 0 Å². The maximum Gasteiger partial charge on any atom is 0.212 e. The lowest BCUT2D eigenvalue weighted by atomic mass is 10.5. The van der Waals surface area contributed by atoms with Crippen molar-refractivity contribution in [1.82, 2.24) is 4.98 Å². The molecule has 0 radical (unpaired) electrons. The molecule has 0 aliphatic carbocycles. The Morgan fingerprint density at radius 2 is 2.50 bits per heavy atom. The molecule has 8 heavy (non-hydrogen) atoms. The first-order valence-corrected chi connectivity index (χ1v) is 2.30. The Bertz CT molecular complexity index is 234. The predicted octanol–water partition coefficient (Wildman–Crippen LogP) is 0.769. The zero-order valence-electron chi connectivity index (χ0n) is 4.09. The molecular formula is C5H4N2O. The van der Waals surface area contributed by atoms with Gasteiger partial charge in [-0.1, -0.05) is 0 Å². The van der Waals surface area contributed by atoms with E-state index in [4.69, 9.17) is 10.5 Å². The van der Waals surface area contributed by atoms with Gasteiger partial charge in [-0.05, 0) is 0 Å². The molecule has 0 amide bonds. The molecule has 2 rings (SSSR count). The van der Waals surface area contributed by atoms with Crippen LogP contribution in [0, 0.1) is 0 Å². The third-order valence-corrected chi connectivity index (χ3v) is 1.07. The lowest BCUT2D eigenvalue weighted by Crippen LogP contribution is -1.82. The number of anilines is 1. The van der Waals surface area contributed by atoms with E-state index in [2.05, 4.69) is 4.98 Å². The number of nitrogens with zero attached hydrogens (tertiary/aromatic N) is 1. The highest BCUT2D eigenvalue weighted by atomic mass is 16.6. The van der Waals surface area contributed by atoms with Crippen molar-refractivity contribution in [3.63, 3.8) is 0 Å². The molecule has 40 valence electrons. The molecule has 0 saturated carbocycles. The molecule has 3 nitrogen and oxygen atoms in total. The second kappa shape index (κ2) is 0.940. The van der Waals surface area contributed by atoms with Crippen LogP contribution < -0.4 is 10.5 Å². The van der Waals surface area contributed by atoms with E-state index in [1.54, 1.807) is 12.3 Å². The zero-order valence-corrected chi connectivity index (χ0v) is 4.09. The molecule has 2 heterocycles. The number of aromatic nitrogens is 1. The lowest BCUT2D eigenvalue weighted by Gasteiger charge is -1.77. The Balaban J connectivity index is 2.70. The summed E-state index contributed by atoms with van der Waals surface area (Å²) in [6, 6.07) is 1.78. The number of ether oxygens (including phenoxy) is 1. The van der Waals surface area contributed by atoms with Crippen LogP contribution in [0.4, 0.5) is 5.82 Å². The van der Waals surface area contributed by atoms with Crippen LogP contribution >= 0.6 is 0 Å². The number of nitrogen functional groups attached to an aromatic ring is 1. The Morgan fingerprint density at radius 3 is 3.12 bits per heavy atom. The minimum absolute atomic E-state index is 0.488. The summed E-state index contributed by atoms with van der Waals surface area (Å²) in [7, 11) is 0. The van der Waals surface area contributed by atoms with Crippen molar-refractivity contribution in [3.8, 4) is 11.5 Å². The Hall–Kier alpha value is -1.25. The molecule has 3 heteroatoms. The smallest absolute Gasteiger partial charge is 0.212 e. The van der Waals surface area contributed by atoms with E-state index < -0.39 is 0 Å². The van der Waals surface area contributed by atoms with Gasteiger partial charge in [-0.15, -0.1) is 0 Å². The maximum absolute atomic E-state index is 5.34. The van der Waals surface area contributed by atoms with Crippen LogP contribution in [0.2, 0.25) is 0 Å². The van der Waals surface area contributed by atoms with Gasteiger partial charge in [-0.25, -0.2) is 4.98 Å². The van der Waals surface area contributed by atoms with Gasteiger partial charge in [-0.2, -0.15) is 0 Å². The number of fused-ring (bicyclic) bond motifs is 1. The summed E-state index contributed by atoms with van der Waals surface area (Å²) in [5.41, 5.74) is 5.34. The minimum atomic E-state index is 0.488. The molecule has 1 aromatic heterocycles. The van der Waals surface area contributed by atoms with Crippen molar-refractivity contribution >= 4 is 5.82 Å². The highest BCUT2D eigenvalue weighted by Crippen LogP contribution is 2.47. The summed E-state index contributed by atoms with van der Waals surface area (Å²) in [6.07, 6.45) is 1.63. The third-order valence-electron chi connectivity index (χ3n) is 1.07. The van der Waals surface area contributed by atoms with Gasteiger partial charge in [0.25, 0.3) is 0 Å². The molecule has 1 aliphatic heterocycles. The van der Waals surface area contributed by atoms with E-state index in [1.165, 1.54) is 0 Å². The average Bonchev–Trinajstić information content (AvgIpc) is 2.45.